The van der Waals surface area contributed by atoms with Gasteiger partial charge in [-0.2, -0.15) is 0 Å². The van der Waals surface area contributed by atoms with Gasteiger partial charge in [0.05, 0.1) is 45.7 Å². The van der Waals surface area contributed by atoms with Gasteiger partial charge in [0.15, 0.2) is 17.3 Å². The van der Waals surface area contributed by atoms with Crippen LogP contribution in [0, 0.1) is 0 Å². The lowest BCUT2D eigenvalue weighted by molar-refractivity contribution is -0.184. The second kappa shape index (κ2) is 9.98. The quantitative estimate of drug-likeness (QED) is 0.591. The molecule has 3 aliphatic rings. The number of rotatable bonds is 7. The molecule has 2 fully saturated rings. The molecular weight excluding hydrogens is 430 g/mol. The number of methoxy groups -OCH3 is 2. The average Bonchev–Trinajstić information content (AvgIpc) is 3.27. The Hall–Kier alpha value is -2.82. The van der Waals surface area contributed by atoms with Gasteiger partial charge >= 0.3 is 12.0 Å². The smallest absolute Gasteiger partial charge is 0.338 e. The van der Waals surface area contributed by atoms with Crippen molar-refractivity contribution in [3.8, 4) is 11.5 Å². The average molecular weight is 462 g/mol. The van der Waals surface area contributed by atoms with Crippen LogP contribution in [-0.4, -0.2) is 76.4 Å². The minimum atomic E-state index is -0.754. The van der Waals surface area contributed by atoms with Crippen molar-refractivity contribution in [3.63, 3.8) is 0 Å². The third-order valence-electron chi connectivity index (χ3n) is 6.21. The molecule has 2 N–H and O–H groups in total. The zero-order chi connectivity index (χ0) is 23.4. The number of hydrogen-bond donors (Lipinski definition) is 2. The third-order valence-corrected chi connectivity index (χ3v) is 6.21. The molecule has 0 bridgehead atoms. The highest BCUT2D eigenvalue weighted by Gasteiger charge is 2.41. The summed E-state index contributed by atoms with van der Waals surface area (Å²) in [6.07, 6.45) is 1.46. The topological polar surface area (TPSA) is 108 Å². The summed E-state index contributed by atoms with van der Waals surface area (Å²) >= 11 is 0. The van der Waals surface area contributed by atoms with Crippen LogP contribution in [0.15, 0.2) is 29.5 Å². The molecule has 0 unspecified atom stereocenters. The van der Waals surface area contributed by atoms with Crippen molar-refractivity contribution < 1.29 is 33.3 Å². The van der Waals surface area contributed by atoms with Gasteiger partial charge in [-0.25, -0.2) is 9.59 Å². The predicted molar refractivity (Wildman–Crippen MR) is 118 cm³/mol. The summed E-state index contributed by atoms with van der Waals surface area (Å²) in [5.41, 5.74) is 1.46. The maximum absolute atomic E-state index is 13.1. The molecule has 2 saturated heterocycles. The number of piperidine rings is 1. The minimum Gasteiger partial charge on any atom is -0.493 e. The fourth-order valence-electron chi connectivity index (χ4n) is 4.63. The van der Waals surface area contributed by atoms with Crippen LogP contribution in [0.4, 0.5) is 4.79 Å². The van der Waals surface area contributed by atoms with Gasteiger partial charge in [0.1, 0.15) is 0 Å². The number of nitrogens with one attached hydrogen (secondary N) is 2. The zero-order valence-electron chi connectivity index (χ0n) is 19.3. The molecule has 1 atom stereocenters. The van der Waals surface area contributed by atoms with E-state index in [1.54, 1.807) is 25.1 Å². The number of carbonyl (C=O) groups is 2. The Balaban J connectivity index is 1.66. The normalized spacial score (nSPS) is 22.6. The standard InChI is InChI=1S/C23H31N3O7/c1-4-31-21(27)18-16(14-26-10-8-23(9-11-26)32-12-13-33-23)24-22(28)25-19(18)15-6-5-7-17(29-2)20(15)30-3/h5-7,19H,4,8-14H2,1-3H3,(H2,24,25,28)/t19-/m0/s1. The predicted octanol–water partition coefficient (Wildman–Crippen LogP) is 1.71. The lowest BCUT2D eigenvalue weighted by Crippen LogP contribution is -2.51. The van der Waals surface area contributed by atoms with Gasteiger partial charge in [-0.1, -0.05) is 12.1 Å². The first-order valence-corrected chi connectivity index (χ1v) is 11.2. The Morgan fingerprint density at radius 1 is 1.18 bits per heavy atom. The lowest BCUT2D eigenvalue weighted by Gasteiger charge is -2.39. The summed E-state index contributed by atoms with van der Waals surface area (Å²) in [5.74, 6) is -0.0389. The van der Waals surface area contributed by atoms with E-state index in [2.05, 4.69) is 15.5 Å². The van der Waals surface area contributed by atoms with Crippen LogP contribution in [0.2, 0.25) is 0 Å². The van der Waals surface area contributed by atoms with Crippen molar-refractivity contribution in [1.82, 2.24) is 15.5 Å². The van der Waals surface area contributed by atoms with E-state index in [0.29, 0.717) is 48.1 Å². The highest BCUT2D eigenvalue weighted by molar-refractivity contribution is 5.95. The number of ether oxygens (including phenoxy) is 5. The SMILES string of the molecule is CCOC(=O)C1=C(CN2CCC3(CC2)OCCO3)NC(=O)N[C@H]1c1cccc(OC)c1OC. The zero-order valence-corrected chi connectivity index (χ0v) is 19.3. The summed E-state index contributed by atoms with van der Waals surface area (Å²) in [5, 5.41) is 5.68. The molecule has 1 aromatic rings. The number of amides is 2. The van der Waals surface area contributed by atoms with E-state index in [4.69, 9.17) is 23.7 Å². The van der Waals surface area contributed by atoms with Crippen LogP contribution in [0.5, 0.6) is 11.5 Å². The number of nitrogens with zero attached hydrogens (tertiary/aromatic N) is 1. The number of hydrogen-bond acceptors (Lipinski definition) is 8. The summed E-state index contributed by atoms with van der Waals surface area (Å²) in [6, 6.07) is 4.20. The van der Waals surface area contributed by atoms with E-state index in [1.807, 2.05) is 0 Å². The van der Waals surface area contributed by atoms with Crippen LogP contribution in [0.25, 0.3) is 0 Å². The Kier molecular flexibility index (Phi) is 7.06. The fraction of sp³-hybridized carbons (Fsp3) is 0.565. The molecule has 0 radical (unpaired) electrons. The van der Waals surface area contributed by atoms with E-state index in [0.717, 1.165) is 25.9 Å². The number of urea groups is 1. The molecule has 1 spiro atoms. The number of para-hydroxylation sites is 1. The van der Waals surface area contributed by atoms with Gasteiger partial charge < -0.3 is 34.3 Å². The molecule has 1 aromatic carbocycles. The molecule has 3 aliphatic heterocycles. The molecule has 0 aromatic heterocycles. The van der Waals surface area contributed by atoms with Crippen molar-refractivity contribution in [1.29, 1.82) is 0 Å². The van der Waals surface area contributed by atoms with E-state index in [1.165, 1.54) is 14.2 Å². The fourth-order valence-corrected chi connectivity index (χ4v) is 4.63. The van der Waals surface area contributed by atoms with Crippen molar-refractivity contribution in [2.75, 3.05) is 53.7 Å². The van der Waals surface area contributed by atoms with Gasteiger partial charge in [-0.05, 0) is 13.0 Å². The van der Waals surface area contributed by atoms with Gasteiger partial charge in [-0.15, -0.1) is 0 Å². The van der Waals surface area contributed by atoms with Crippen LogP contribution >= 0.6 is 0 Å². The van der Waals surface area contributed by atoms with E-state index < -0.39 is 23.8 Å². The summed E-state index contributed by atoms with van der Waals surface area (Å²) in [4.78, 5) is 27.9. The molecule has 10 nitrogen and oxygen atoms in total. The van der Waals surface area contributed by atoms with Crippen molar-refractivity contribution in [3.05, 3.63) is 35.0 Å². The third kappa shape index (κ3) is 4.78. The Labute approximate surface area is 193 Å². The second-order valence-electron chi connectivity index (χ2n) is 8.11. The minimum absolute atomic E-state index is 0.215. The molecule has 0 saturated carbocycles. The molecular formula is C23H31N3O7. The first-order valence-electron chi connectivity index (χ1n) is 11.2. The number of benzene rings is 1. The Bertz CT molecular complexity index is 917. The second-order valence-corrected chi connectivity index (χ2v) is 8.11. The number of esters is 1. The lowest BCUT2D eigenvalue weighted by atomic mass is 9.93. The summed E-state index contributed by atoms with van der Waals surface area (Å²) in [6.45, 7) is 5.02. The molecule has 3 heterocycles. The van der Waals surface area contributed by atoms with Crippen molar-refractivity contribution >= 4 is 12.0 Å². The first kappa shape index (κ1) is 23.3. The first-order chi connectivity index (χ1) is 16.0. The van der Waals surface area contributed by atoms with Crippen LogP contribution in [0.1, 0.15) is 31.4 Å². The highest BCUT2D eigenvalue weighted by atomic mass is 16.7. The molecule has 4 rings (SSSR count). The monoisotopic (exact) mass is 461 g/mol. The molecule has 10 heteroatoms. The highest BCUT2D eigenvalue weighted by Crippen LogP contribution is 2.39. The van der Waals surface area contributed by atoms with Gasteiger partial charge in [0.25, 0.3) is 0 Å². The van der Waals surface area contributed by atoms with Crippen molar-refractivity contribution in [2.45, 2.75) is 31.6 Å². The molecule has 2 amide bonds. The maximum Gasteiger partial charge on any atom is 0.338 e. The van der Waals surface area contributed by atoms with Crippen LogP contribution in [-0.2, 0) is 19.0 Å². The summed E-state index contributed by atoms with van der Waals surface area (Å²) < 4.78 is 28.0. The summed E-state index contributed by atoms with van der Waals surface area (Å²) in [7, 11) is 3.06. The number of likely N-dealkylation sites (tertiary alicyclic amines) is 1. The van der Waals surface area contributed by atoms with Gasteiger partial charge in [0.2, 0.25) is 0 Å². The van der Waals surface area contributed by atoms with E-state index in [9.17, 15) is 9.59 Å². The number of carbonyl (C=O) groups excluding carboxylic acids is 2. The Morgan fingerprint density at radius 3 is 2.55 bits per heavy atom. The van der Waals surface area contributed by atoms with E-state index in [-0.39, 0.29) is 6.61 Å². The van der Waals surface area contributed by atoms with E-state index >= 15 is 0 Å². The molecule has 180 valence electrons. The largest absolute Gasteiger partial charge is 0.493 e. The molecule has 33 heavy (non-hydrogen) atoms. The van der Waals surface area contributed by atoms with Crippen LogP contribution < -0.4 is 20.1 Å². The molecule has 0 aliphatic carbocycles. The van der Waals surface area contributed by atoms with Crippen LogP contribution in [0.3, 0.4) is 0 Å². The van der Waals surface area contributed by atoms with Gasteiger partial charge in [-0.3, -0.25) is 4.90 Å². The van der Waals surface area contributed by atoms with Crippen molar-refractivity contribution in [2.24, 2.45) is 0 Å². The maximum atomic E-state index is 13.1. The Morgan fingerprint density at radius 2 is 1.91 bits per heavy atom. The van der Waals surface area contributed by atoms with Gasteiger partial charge in [0, 0.05) is 43.7 Å².